The van der Waals surface area contributed by atoms with Gasteiger partial charge in [-0.05, 0) is 84.0 Å². The van der Waals surface area contributed by atoms with E-state index in [2.05, 4.69) is 82.0 Å². The lowest BCUT2D eigenvalue weighted by molar-refractivity contribution is 1.15. The summed E-state index contributed by atoms with van der Waals surface area (Å²) in [5, 5.41) is 0. The maximum atomic E-state index is 4.13. The molecule has 0 bridgehead atoms. The second kappa shape index (κ2) is 13.4. The van der Waals surface area contributed by atoms with Crippen molar-refractivity contribution in [3.8, 4) is 0 Å². The molecule has 0 aliphatic rings. The number of halogens is 2. The van der Waals surface area contributed by atoms with Crippen LogP contribution in [0.2, 0.25) is 0 Å². The van der Waals surface area contributed by atoms with Crippen molar-refractivity contribution in [2.24, 2.45) is 0 Å². The van der Waals surface area contributed by atoms with E-state index in [-0.39, 0.29) is 7.43 Å². The van der Waals surface area contributed by atoms with Crippen molar-refractivity contribution in [3.63, 3.8) is 0 Å². The molecule has 0 N–H and O–H groups in total. The van der Waals surface area contributed by atoms with Crippen LogP contribution in [0.5, 0.6) is 0 Å². The standard InChI is InChI=1S/C7H8IN.C7H9N.C2H5I.CH4/c1-5-3-4-9-6(2)7(5)8;1-6-3-4-8-7(2)5-6;1-2-3;/h3-4H,1-2H3;3-5H,1-2H3;2H2,1H3;1H4. The molecular formula is C17H26I2N2. The maximum absolute atomic E-state index is 4.13. The zero-order valence-electron chi connectivity index (χ0n) is 12.7. The zero-order chi connectivity index (χ0) is 15.5. The molecule has 2 aromatic rings. The Bertz CT molecular complexity index is 476. The van der Waals surface area contributed by atoms with E-state index in [0.29, 0.717) is 0 Å². The van der Waals surface area contributed by atoms with Crippen LogP contribution in [0.3, 0.4) is 0 Å². The molecule has 0 aliphatic carbocycles. The van der Waals surface area contributed by atoms with Crippen LogP contribution in [0.15, 0.2) is 30.6 Å². The van der Waals surface area contributed by atoms with Gasteiger partial charge in [0.25, 0.3) is 0 Å². The van der Waals surface area contributed by atoms with E-state index in [1.165, 1.54) is 19.1 Å². The van der Waals surface area contributed by atoms with Gasteiger partial charge in [0, 0.05) is 21.7 Å². The average Bonchev–Trinajstić information content (AvgIpc) is 2.37. The minimum Gasteiger partial charge on any atom is -0.262 e. The van der Waals surface area contributed by atoms with Gasteiger partial charge in [0.05, 0.1) is 5.69 Å². The van der Waals surface area contributed by atoms with Gasteiger partial charge in [-0.2, -0.15) is 0 Å². The van der Waals surface area contributed by atoms with Crippen LogP contribution < -0.4 is 0 Å². The molecule has 0 fully saturated rings. The highest BCUT2D eigenvalue weighted by Gasteiger charge is 1.95. The van der Waals surface area contributed by atoms with Crippen LogP contribution in [0.25, 0.3) is 0 Å². The zero-order valence-corrected chi connectivity index (χ0v) is 17.1. The maximum Gasteiger partial charge on any atom is 0.0508 e. The molecule has 0 amide bonds. The second-order valence-electron chi connectivity index (χ2n) is 4.27. The van der Waals surface area contributed by atoms with E-state index < -0.39 is 0 Å². The fourth-order valence-electron chi connectivity index (χ4n) is 1.36. The van der Waals surface area contributed by atoms with Gasteiger partial charge in [-0.3, -0.25) is 9.97 Å². The summed E-state index contributed by atoms with van der Waals surface area (Å²) < 4.78 is 2.49. The monoisotopic (exact) mass is 512 g/mol. The third kappa shape index (κ3) is 11.0. The molecule has 118 valence electrons. The first-order valence-corrected chi connectivity index (χ1v) is 9.05. The van der Waals surface area contributed by atoms with Gasteiger partial charge in [0.15, 0.2) is 0 Å². The fourth-order valence-corrected chi connectivity index (χ4v) is 1.68. The topological polar surface area (TPSA) is 25.8 Å². The molecule has 0 unspecified atom stereocenters. The molecule has 0 spiro atoms. The molecule has 21 heavy (non-hydrogen) atoms. The number of aryl methyl sites for hydroxylation is 4. The quantitative estimate of drug-likeness (QED) is 0.316. The Morgan fingerprint density at radius 3 is 1.86 bits per heavy atom. The van der Waals surface area contributed by atoms with E-state index in [4.69, 9.17) is 0 Å². The highest BCUT2D eigenvalue weighted by atomic mass is 127. The summed E-state index contributed by atoms with van der Waals surface area (Å²) in [6.45, 7) is 10.3. The Balaban J connectivity index is 0. The normalized spacial score (nSPS) is 8.52. The van der Waals surface area contributed by atoms with Crippen molar-refractivity contribution >= 4 is 45.2 Å². The van der Waals surface area contributed by atoms with Crippen LogP contribution in [-0.2, 0) is 0 Å². The average molecular weight is 512 g/mol. The predicted molar refractivity (Wildman–Crippen MR) is 111 cm³/mol. The SMILES string of the molecule is C.CCI.Cc1ccnc(C)c1.Cc1ccnc(C)c1I. The summed E-state index contributed by atoms with van der Waals surface area (Å²) >= 11 is 4.59. The number of alkyl halides is 1. The van der Waals surface area contributed by atoms with Gasteiger partial charge in [-0.1, -0.05) is 36.9 Å². The fraction of sp³-hybridized carbons (Fsp3) is 0.412. The molecule has 2 aromatic heterocycles. The third-order valence-corrected chi connectivity index (χ3v) is 3.94. The predicted octanol–water partition coefficient (Wildman–Crippen LogP) is 6.08. The Kier molecular flexibility index (Phi) is 14.7. The summed E-state index contributed by atoms with van der Waals surface area (Å²) in [5.74, 6) is 0. The molecule has 4 heteroatoms. The van der Waals surface area contributed by atoms with Crippen molar-refractivity contribution < 1.29 is 0 Å². The minimum atomic E-state index is 0. The van der Waals surface area contributed by atoms with Crippen molar-refractivity contribution in [1.29, 1.82) is 0 Å². The number of nitrogens with zero attached hydrogens (tertiary/aromatic N) is 2. The molecule has 2 rings (SSSR count). The van der Waals surface area contributed by atoms with Crippen molar-refractivity contribution in [2.45, 2.75) is 42.0 Å². The van der Waals surface area contributed by atoms with E-state index >= 15 is 0 Å². The molecule has 2 nitrogen and oxygen atoms in total. The number of aromatic nitrogens is 2. The molecule has 0 aliphatic heterocycles. The summed E-state index contributed by atoms with van der Waals surface area (Å²) in [5.41, 5.74) is 4.79. The van der Waals surface area contributed by atoms with Crippen molar-refractivity contribution in [1.82, 2.24) is 9.97 Å². The molecule has 2 heterocycles. The minimum absolute atomic E-state index is 0. The first kappa shape index (κ1) is 23.0. The molecular weight excluding hydrogens is 486 g/mol. The molecule has 0 saturated heterocycles. The van der Waals surface area contributed by atoms with Crippen LogP contribution in [0, 0.1) is 31.3 Å². The van der Waals surface area contributed by atoms with E-state index in [1.807, 2.05) is 38.4 Å². The number of rotatable bonds is 0. The Morgan fingerprint density at radius 1 is 1.00 bits per heavy atom. The number of hydrogen-bond acceptors (Lipinski definition) is 2. The summed E-state index contributed by atoms with van der Waals surface area (Å²) in [4.78, 5) is 8.17. The third-order valence-electron chi connectivity index (χ3n) is 2.31. The molecule has 0 radical (unpaired) electrons. The first-order chi connectivity index (χ1) is 9.42. The summed E-state index contributed by atoms with van der Waals surface area (Å²) in [7, 11) is 0. The van der Waals surface area contributed by atoms with Gasteiger partial charge in [-0.15, -0.1) is 0 Å². The lowest BCUT2D eigenvalue weighted by atomic mass is 10.3. The second-order valence-corrected chi connectivity index (χ2v) is 6.87. The highest BCUT2D eigenvalue weighted by molar-refractivity contribution is 14.1. The number of hydrogen-bond donors (Lipinski definition) is 0. The van der Waals surface area contributed by atoms with E-state index in [9.17, 15) is 0 Å². The van der Waals surface area contributed by atoms with Gasteiger partial charge >= 0.3 is 0 Å². The first-order valence-electron chi connectivity index (χ1n) is 6.45. The summed E-state index contributed by atoms with van der Waals surface area (Å²) in [6, 6.07) is 6.07. The van der Waals surface area contributed by atoms with Crippen LogP contribution in [-0.4, -0.2) is 14.4 Å². The lowest BCUT2D eigenvalue weighted by Crippen LogP contribution is -1.87. The van der Waals surface area contributed by atoms with Gasteiger partial charge < -0.3 is 0 Å². The Morgan fingerprint density at radius 2 is 1.52 bits per heavy atom. The van der Waals surface area contributed by atoms with Gasteiger partial charge in [0.1, 0.15) is 0 Å². The lowest BCUT2D eigenvalue weighted by Gasteiger charge is -1.97. The Hall–Kier alpha value is -0.240. The molecule has 0 aromatic carbocycles. The van der Waals surface area contributed by atoms with Crippen molar-refractivity contribution in [2.75, 3.05) is 4.43 Å². The van der Waals surface area contributed by atoms with Crippen LogP contribution in [0.1, 0.15) is 36.9 Å². The highest BCUT2D eigenvalue weighted by Crippen LogP contribution is 2.12. The van der Waals surface area contributed by atoms with Crippen LogP contribution in [0.4, 0.5) is 0 Å². The smallest absolute Gasteiger partial charge is 0.0508 e. The largest absolute Gasteiger partial charge is 0.262 e. The summed E-state index contributed by atoms with van der Waals surface area (Å²) in [6.07, 6.45) is 3.66. The van der Waals surface area contributed by atoms with E-state index in [1.54, 1.807) is 0 Å². The van der Waals surface area contributed by atoms with Gasteiger partial charge in [-0.25, -0.2) is 0 Å². The Labute approximate surface area is 157 Å². The van der Waals surface area contributed by atoms with E-state index in [0.717, 1.165) is 11.4 Å². The number of pyridine rings is 2. The van der Waals surface area contributed by atoms with Crippen LogP contribution >= 0.6 is 45.2 Å². The molecule has 0 atom stereocenters. The molecule has 0 saturated carbocycles. The van der Waals surface area contributed by atoms with Gasteiger partial charge in [0.2, 0.25) is 0 Å². The van der Waals surface area contributed by atoms with Crippen molar-refractivity contribution in [3.05, 3.63) is 56.7 Å².